The molecule has 2 aliphatic heterocycles. The fraction of sp³-hybridized carbons (Fsp3) is 0.500. The highest BCUT2D eigenvalue weighted by atomic mass is 35.5. The lowest BCUT2D eigenvalue weighted by molar-refractivity contribution is -0.122. The van der Waals surface area contributed by atoms with E-state index in [1.807, 2.05) is 12.1 Å². The molecule has 2 aromatic rings. The predicted octanol–water partition coefficient (Wildman–Crippen LogP) is 2.94. The smallest absolute Gasteiger partial charge is 0.267 e. The van der Waals surface area contributed by atoms with Crippen molar-refractivity contribution in [2.45, 2.75) is 44.7 Å². The number of carbonyl (C=O) groups is 1. The van der Waals surface area contributed by atoms with Gasteiger partial charge in [-0.15, -0.1) is 0 Å². The number of carbonyl (C=O) groups excluding carboxylic acids is 1. The monoisotopic (exact) mass is 414 g/mol. The maximum Gasteiger partial charge on any atom is 0.267 e. The zero-order chi connectivity index (χ0) is 20.2. The molecule has 0 unspecified atom stereocenters. The van der Waals surface area contributed by atoms with E-state index in [1.54, 1.807) is 18.2 Å². The number of halogens is 1. The van der Waals surface area contributed by atoms with Gasteiger partial charge in [-0.1, -0.05) is 30.2 Å². The molecule has 6 nitrogen and oxygen atoms in total. The molecule has 2 saturated heterocycles. The zero-order valence-electron chi connectivity index (χ0n) is 16.5. The average molecular weight is 415 g/mol. The third-order valence-electron chi connectivity index (χ3n) is 6.09. The molecule has 7 heteroatoms. The van der Waals surface area contributed by atoms with Crippen LogP contribution >= 0.6 is 11.6 Å². The minimum Gasteiger partial charge on any atom is -0.354 e. The number of benzene rings is 1. The van der Waals surface area contributed by atoms with E-state index in [9.17, 15) is 9.59 Å². The zero-order valence-corrected chi connectivity index (χ0v) is 17.3. The second-order valence-corrected chi connectivity index (χ2v) is 8.46. The highest BCUT2D eigenvalue weighted by molar-refractivity contribution is 6.30. The minimum absolute atomic E-state index is 0.0681. The molecule has 1 amide bonds. The number of nitrogens with one attached hydrogen (secondary N) is 1. The quantitative estimate of drug-likeness (QED) is 0.816. The summed E-state index contributed by atoms with van der Waals surface area (Å²) in [5, 5.41) is 8.05. The van der Waals surface area contributed by atoms with Gasteiger partial charge in [0.15, 0.2) is 0 Å². The molecule has 0 bridgehead atoms. The number of nitrogens with zero attached hydrogens (tertiary/aromatic N) is 3. The molecule has 154 valence electrons. The lowest BCUT2D eigenvalue weighted by Gasteiger charge is -2.44. The van der Waals surface area contributed by atoms with Gasteiger partial charge >= 0.3 is 0 Å². The number of amides is 1. The van der Waals surface area contributed by atoms with Crippen molar-refractivity contribution < 1.29 is 4.79 Å². The van der Waals surface area contributed by atoms with Gasteiger partial charge in [-0.25, -0.2) is 4.68 Å². The highest BCUT2D eigenvalue weighted by Crippen LogP contribution is 2.30. The van der Waals surface area contributed by atoms with Gasteiger partial charge in [0.1, 0.15) is 6.54 Å². The van der Waals surface area contributed by atoms with Crippen LogP contribution in [-0.2, 0) is 11.3 Å². The lowest BCUT2D eigenvalue weighted by atomic mass is 9.83. The Labute approximate surface area is 175 Å². The van der Waals surface area contributed by atoms with E-state index in [4.69, 9.17) is 11.6 Å². The van der Waals surface area contributed by atoms with Gasteiger partial charge < -0.3 is 10.2 Å². The van der Waals surface area contributed by atoms with E-state index < -0.39 is 0 Å². The maximum absolute atomic E-state index is 12.5. The Kier molecular flexibility index (Phi) is 6.31. The Morgan fingerprint density at radius 2 is 1.86 bits per heavy atom. The first-order valence-electron chi connectivity index (χ1n) is 10.4. The SMILES string of the molecule is O=C(Cn1nc(-c2ccc(Cl)cc2)ccc1=O)NC[C@H]1CCCN2CCCC[C@H]12. The summed E-state index contributed by atoms with van der Waals surface area (Å²) in [5.41, 5.74) is 1.20. The van der Waals surface area contributed by atoms with Crippen LogP contribution in [0.1, 0.15) is 32.1 Å². The fourth-order valence-electron chi connectivity index (χ4n) is 4.59. The number of piperidine rings is 2. The van der Waals surface area contributed by atoms with Crippen molar-refractivity contribution in [2.24, 2.45) is 5.92 Å². The molecule has 3 heterocycles. The van der Waals surface area contributed by atoms with Gasteiger partial charge in [0.25, 0.3) is 5.56 Å². The standard InChI is InChI=1S/C22H27ClN4O2/c23-18-8-6-16(7-9-18)19-10-11-22(29)27(25-19)15-21(28)24-14-17-4-3-13-26-12-2-1-5-20(17)26/h6-11,17,20H,1-5,12-15H2,(H,24,28)/t17-,20-/m1/s1. The summed E-state index contributed by atoms with van der Waals surface area (Å²) in [5.74, 6) is 0.332. The Bertz CT molecular complexity index is 910. The molecule has 0 spiro atoms. The molecule has 2 fully saturated rings. The fourth-order valence-corrected chi connectivity index (χ4v) is 4.71. The van der Waals surface area contributed by atoms with E-state index >= 15 is 0 Å². The summed E-state index contributed by atoms with van der Waals surface area (Å²) < 4.78 is 1.23. The van der Waals surface area contributed by atoms with Crippen LogP contribution in [0.15, 0.2) is 41.2 Å². The number of hydrogen-bond donors (Lipinski definition) is 1. The second-order valence-electron chi connectivity index (χ2n) is 8.03. The number of aromatic nitrogens is 2. The molecule has 1 aromatic heterocycles. The van der Waals surface area contributed by atoms with Crippen molar-refractivity contribution in [3.8, 4) is 11.3 Å². The molecule has 2 aliphatic rings. The second kappa shape index (κ2) is 9.09. The van der Waals surface area contributed by atoms with Gasteiger partial charge in [0.05, 0.1) is 5.69 Å². The van der Waals surface area contributed by atoms with Gasteiger partial charge in [0.2, 0.25) is 5.91 Å². The van der Waals surface area contributed by atoms with Crippen molar-refractivity contribution in [3.63, 3.8) is 0 Å². The van der Waals surface area contributed by atoms with Crippen LogP contribution in [0.25, 0.3) is 11.3 Å². The molecule has 1 N–H and O–H groups in total. The van der Waals surface area contributed by atoms with E-state index in [-0.39, 0.29) is 18.0 Å². The normalized spacial score (nSPS) is 22.1. The van der Waals surface area contributed by atoms with E-state index in [1.165, 1.54) is 49.5 Å². The summed E-state index contributed by atoms with van der Waals surface area (Å²) in [6, 6.07) is 11.0. The Morgan fingerprint density at radius 1 is 1.07 bits per heavy atom. The first kappa shape index (κ1) is 20.1. The summed E-state index contributed by atoms with van der Waals surface area (Å²) in [4.78, 5) is 27.3. The Morgan fingerprint density at radius 3 is 2.69 bits per heavy atom. The average Bonchev–Trinajstić information content (AvgIpc) is 2.74. The van der Waals surface area contributed by atoms with Crippen molar-refractivity contribution in [2.75, 3.05) is 19.6 Å². The highest BCUT2D eigenvalue weighted by Gasteiger charge is 2.32. The molecule has 2 atom stereocenters. The van der Waals surface area contributed by atoms with Crippen molar-refractivity contribution in [3.05, 3.63) is 51.8 Å². The molecular formula is C22H27ClN4O2. The molecule has 0 radical (unpaired) electrons. The minimum atomic E-state index is -0.283. The van der Waals surface area contributed by atoms with Crippen molar-refractivity contribution >= 4 is 17.5 Å². The van der Waals surface area contributed by atoms with Crippen molar-refractivity contribution in [1.29, 1.82) is 0 Å². The van der Waals surface area contributed by atoms with E-state index in [0.717, 1.165) is 12.0 Å². The van der Waals surface area contributed by atoms with E-state index in [2.05, 4.69) is 15.3 Å². The topological polar surface area (TPSA) is 67.2 Å². The molecule has 0 aliphatic carbocycles. The summed E-state index contributed by atoms with van der Waals surface area (Å²) in [6.45, 7) is 2.98. The van der Waals surface area contributed by atoms with Crippen LogP contribution in [-0.4, -0.2) is 46.3 Å². The molecule has 1 aromatic carbocycles. The Balaban J connectivity index is 1.38. The predicted molar refractivity (Wildman–Crippen MR) is 114 cm³/mol. The van der Waals surface area contributed by atoms with Gasteiger partial charge in [0, 0.05) is 29.2 Å². The molecule has 4 rings (SSSR count). The lowest BCUT2D eigenvalue weighted by Crippen LogP contribution is -2.51. The van der Waals surface area contributed by atoms with Gasteiger partial charge in [-0.05, 0) is 62.9 Å². The van der Waals surface area contributed by atoms with Crippen LogP contribution in [0.4, 0.5) is 0 Å². The van der Waals surface area contributed by atoms with Crippen molar-refractivity contribution in [1.82, 2.24) is 20.0 Å². The van der Waals surface area contributed by atoms with Crippen LogP contribution in [0.5, 0.6) is 0 Å². The maximum atomic E-state index is 12.5. The van der Waals surface area contributed by atoms with Gasteiger partial charge in [-0.2, -0.15) is 5.10 Å². The van der Waals surface area contributed by atoms with Crippen LogP contribution in [0.2, 0.25) is 5.02 Å². The number of hydrogen-bond acceptors (Lipinski definition) is 4. The molecular weight excluding hydrogens is 388 g/mol. The Hall–Kier alpha value is -2.18. The first-order chi connectivity index (χ1) is 14.1. The van der Waals surface area contributed by atoms with E-state index in [0.29, 0.717) is 29.2 Å². The number of fused-ring (bicyclic) bond motifs is 1. The molecule has 0 saturated carbocycles. The largest absolute Gasteiger partial charge is 0.354 e. The third kappa shape index (κ3) is 4.87. The van der Waals surface area contributed by atoms with Crippen LogP contribution in [0, 0.1) is 5.92 Å². The summed E-state index contributed by atoms with van der Waals surface area (Å²) in [6.07, 6.45) is 6.15. The van der Waals surface area contributed by atoms with Crippen LogP contribution in [0.3, 0.4) is 0 Å². The third-order valence-corrected chi connectivity index (χ3v) is 6.34. The van der Waals surface area contributed by atoms with Gasteiger partial charge in [-0.3, -0.25) is 9.59 Å². The summed E-state index contributed by atoms with van der Waals surface area (Å²) >= 11 is 5.93. The summed E-state index contributed by atoms with van der Waals surface area (Å²) in [7, 11) is 0. The van der Waals surface area contributed by atoms with Crippen LogP contribution < -0.4 is 10.9 Å². The first-order valence-corrected chi connectivity index (χ1v) is 10.8. The molecule has 29 heavy (non-hydrogen) atoms. The number of rotatable bonds is 5.